The Morgan fingerprint density at radius 2 is 1.66 bits per heavy atom. The van der Waals surface area contributed by atoms with E-state index in [1.54, 1.807) is 0 Å². The molecule has 2 aromatic rings. The van der Waals surface area contributed by atoms with Gasteiger partial charge in [0.15, 0.2) is 0 Å². The largest absolute Gasteiger partial charge is 0.416 e. The van der Waals surface area contributed by atoms with Crippen LogP contribution >= 0.6 is 0 Å². The molecule has 1 fully saturated rings. The number of halogens is 5. The molecule has 0 spiro atoms. The van der Waals surface area contributed by atoms with Gasteiger partial charge < -0.3 is 5.32 Å². The summed E-state index contributed by atoms with van der Waals surface area (Å²) in [6.07, 6.45) is -5.29. The molecule has 0 aliphatic heterocycles. The van der Waals surface area contributed by atoms with E-state index in [4.69, 9.17) is 0 Å². The molecular formula is C20H20F5NO2S. The Morgan fingerprint density at radius 1 is 1.03 bits per heavy atom. The standard InChI is InChI=1S/C20H20F5NO2S/c21-16-10-15(20(23,24)25)11-18(12-16)29(27,28)19(22)8-6-17(7-9-19)26-13-14-4-2-1-3-5-14/h1-5,10-12,17,26H,6-9,13H2/t17-,19+. The Morgan fingerprint density at radius 3 is 2.24 bits per heavy atom. The summed E-state index contributed by atoms with van der Waals surface area (Å²) in [6, 6.07) is 10.3. The summed E-state index contributed by atoms with van der Waals surface area (Å²) in [6.45, 7) is 0.538. The molecule has 29 heavy (non-hydrogen) atoms. The van der Waals surface area contributed by atoms with Gasteiger partial charge in [-0.1, -0.05) is 30.3 Å². The van der Waals surface area contributed by atoms with Crippen molar-refractivity contribution >= 4 is 9.84 Å². The third-order valence-electron chi connectivity index (χ3n) is 5.16. The first-order valence-electron chi connectivity index (χ1n) is 9.10. The molecule has 1 N–H and O–H groups in total. The molecule has 0 radical (unpaired) electrons. The summed E-state index contributed by atoms with van der Waals surface area (Å²) >= 11 is 0. The van der Waals surface area contributed by atoms with Crippen LogP contribution in [-0.4, -0.2) is 19.5 Å². The first-order valence-corrected chi connectivity index (χ1v) is 10.6. The summed E-state index contributed by atoms with van der Waals surface area (Å²) in [5.41, 5.74) is -0.436. The fraction of sp³-hybridized carbons (Fsp3) is 0.400. The number of hydrogen-bond acceptors (Lipinski definition) is 3. The number of sulfone groups is 1. The van der Waals surface area contributed by atoms with Crippen LogP contribution in [0.15, 0.2) is 53.4 Å². The first-order chi connectivity index (χ1) is 13.5. The number of benzene rings is 2. The maximum Gasteiger partial charge on any atom is 0.416 e. The third-order valence-corrected chi connectivity index (χ3v) is 7.39. The second-order valence-electron chi connectivity index (χ2n) is 7.20. The zero-order chi connectivity index (χ0) is 21.3. The van der Waals surface area contributed by atoms with Gasteiger partial charge in [-0.3, -0.25) is 0 Å². The lowest BCUT2D eigenvalue weighted by Gasteiger charge is -2.34. The fourth-order valence-electron chi connectivity index (χ4n) is 3.47. The van der Waals surface area contributed by atoms with Gasteiger partial charge in [-0.2, -0.15) is 13.2 Å². The minimum Gasteiger partial charge on any atom is -0.310 e. The van der Waals surface area contributed by atoms with Crippen molar-refractivity contribution in [3.8, 4) is 0 Å². The maximum atomic E-state index is 15.3. The smallest absolute Gasteiger partial charge is 0.310 e. The molecule has 0 aromatic heterocycles. The quantitative estimate of drug-likeness (QED) is 0.674. The second-order valence-corrected chi connectivity index (χ2v) is 9.41. The van der Waals surface area contributed by atoms with Crippen LogP contribution in [-0.2, 0) is 22.6 Å². The van der Waals surface area contributed by atoms with Crippen molar-refractivity contribution in [3.05, 3.63) is 65.5 Å². The van der Waals surface area contributed by atoms with Crippen molar-refractivity contribution in [1.82, 2.24) is 5.32 Å². The Balaban J connectivity index is 1.73. The van der Waals surface area contributed by atoms with E-state index in [9.17, 15) is 26.0 Å². The zero-order valence-electron chi connectivity index (χ0n) is 15.3. The lowest BCUT2D eigenvalue weighted by Crippen LogP contribution is -2.43. The third kappa shape index (κ3) is 4.78. The first kappa shape index (κ1) is 21.7. The van der Waals surface area contributed by atoms with Crippen LogP contribution in [0, 0.1) is 5.82 Å². The van der Waals surface area contributed by atoms with Crippen LogP contribution < -0.4 is 5.32 Å². The fourth-order valence-corrected chi connectivity index (χ4v) is 5.22. The van der Waals surface area contributed by atoms with Crippen LogP contribution in [0.25, 0.3) is 0 Å². The Labute approximate surface area is 165 Å². The molecule has 0 saturated heterocycles. The summed E-state index contributed by atoms with van der Waals surface area (Å²) in [4.78, 5) is -0.983. The molecular weight excluding hydrogens is 413 g/mol. The van der Waals surface area contributed by atoms with E-state index in [1.165, 1.54) is 0 Å². The number of alkyl halides is 4. The van der Waals surface area contributed by atoms with Crippen LogP contribution in [0.1, 0.15) is 36.8 Å². The predicted molar refractivity (Wildman–Crippen MR) is 98.0 cm³/mol. The minimum atomic E-state index is -4.94. The molecule has 0 unspecified atom stereocenters. The van der Waals surface area contributed by atoms with Gasteiger partial charge in [0.2, 0.25) is 14.8 Å². The molecule has 1 aliphatic carbocycles. The Kier molecular flexibility index (Phi) is 6.01. The van der Waals surface area contributed by atoms with Crippen molar-refractivity contribution in [2.75, 3.05) is 0 Å². The molecule has 1 saturated carbocycles. The highest BCUT2D eigenvalue weighted by atomic mass is 32.2. The molecule has 158 valence electrons. The molecule has 2 aromatic carbocycles. The van der Waals surface area contributed by atoms with Crippen molar-refractivity contribution in [3.63, 3.8) is 0 Å². The molecule has 0 bridgehead atoms. The van der Waals surface area contributed by atoms with Crippen molar-refractivity contribution in [2.45, 2.75) is 54.3 Å². The highest BCUT2D eigenvalue weighted by molar-refractivity contribution is 7.92. The summed E-state index contributed by atoms with van der Waals surface area (Å²) in [5, 5.41) is 0.507. The van der Waals surface area contributed by atoms with Gasteiger partial charge in [0.1, 0.15) is 5.82 Å². The van der Waals surface area contributed by atoms with Gasteiger partial charge in [0, 0.05) is 12.6 Å². The molecule has 1 aliphatic rings. The summed E-state index contributed by atoms with van der Waals surface area (Å²) < 4.78 is 93.0. The van der Waals surface area contributed by atoms with Gasteiger partial charge in [-0.25, -0.2) is 17.2 Å². The van der Waals surface area contributed by atoms with Crippen LogP contribution in [0.3, 0.4) is 0 Å². The van der Waals surface area contributed by atoms with Gasteiger partial charge in [0.25, 0.3) is 0 Å². The highest BCUT2D eigenvalue weighted by Gasteiger charge is 2.48. The molecule has 0 amide bonds. The molecule has 3 nitrogen and oxygen atoms in total. The average Bonchev–Trinajstić information content (AvgIpc) is 2.67. The number of rotatable bonds is 5. The van der Waals surface area contributed by atoms with Crippen LogP contribution in [0.4, 0.5) is 22.0 Å². The van der Waals surface area contributed by atoms with Gasteiger partial charge in [-0.15, -0.1) is 0 Å². The average molecular weight is 433 g/mol. The number of nitrogens with one attached hydrogen (secondary N) is 1. The summed E-state index contributed by atoms with van der Waals surface area (Å²) in [7, 11) is -4.79. The lowest BCUT2D eigenvalue weighted by atomic mass is 9.93. The van der Waals surface area contributed by atoms with Gasteiger partial charge in [-0.05, 0) is 49.4 Å². The topological polar surface area (TPSA) is 46.2 Å². The van der Waals surface area contributed by atoms with Crippen LogP contribution in [0.2, 0.25) is 0 Å². The number of hydrogen-bond donors (Lipinski definition) is 1. The van der Waals surface area contributed by atoms with E-state index < -0.39 is 37.3 Å². The van der Waals surface area contributed by atoms with E-state index in [0.717, 1.165) is 5.56 Å². The molecule has 0 atom stereocenters. The molecule has 0 heterocycles. The van der Waals surface area contributed by atoms with E-state index in [-0.39, 0.29) is 37.8 Å². The maximum absolute atomic E-state index is 15.3. The van der Waals surface area contributed by atoms with Crippen molar-refractivity contribution in [1.29, 1.82) is 0 Å². The van der Waals surface area contributed by atoms with E-state index in [0.29, 0.717) is 18.7 Å². The SMILES string of the molecule is O=S(=O)(c1cc(F)cc(C(F)(F)F)c1)[C@]1(F)CC[C@H](NCc2ccccc2)CC1. The lowest BCUT2D eigenvalue weighted by molar-refractivity contribution is -0.137. The highest BCUT2D eigenvalue weighted by Crippen LogP contribution is 2.41. The molecule has 9 heteroatoms. The van der Waals surface area contributed by atoms with Crippen molar-refractivity contribution < 1.29 is 30.4 Å². The van der Waals surface area contributed by atoms with Crippen molar-refractivity contribution in [2.24, 2.45) is 0 Å². The van der Waals surface area contributed by atoms with Crippen LogP contribution in [0.5, 0.6) is 0 Å². The zero-order valence-corrected chi connectivity index (χ0v) is 16.2. The van der Waals surface area contributed by atoms with E-state index in [2.05, 4.69) is 5.32 Å². The van der Waals surface area contributed by atoms with Gasteiger partial charge in [0.05, 0.1) is 10.5 Å². The normalized spacial score (nSPS) is 23.1. The van der Waals surface area contributed by atoms with E-state index in [1.807, 2.05) is 30.3 Å². The monoisotopic (exact) mass is 433 g/mol. The van der Waals surface area contributed by atoms with E-state index >= 15 is 4.39 Å². The summed E-state index contributed by atoms with van der Waals surface area (Å²) in [5.74, 6) is -1.37. The Bertz CT molecular complexity index is 953. The van der Waals surface area contributed by atoms with Gasteiger partial charge >= 0.3 is 6.18 Å². The second kappa shape index (κ2) is 8.02. The minimum absolute atomic E-state index is 0.118. The molecule has 3 rings (SSSR count). The Hall–Kier alpha value is -2.00. The predicted octanol–water partition coefficient (Wildman–Crippen LogP) is 5.02.